The molecule has 1 saturated heterocycles. The molecule has 0 aromatic heterocycles. The first-order valence-corrected chi connectivity index (χ1v) is 10.6. The summed E-state index contributed by atoms with van der Waals surface area (Å²) in [5, 5.41) is 10.4. The molecule has 5 atom stereocenters. The molecule has 1 N–H and O–H groups in total. The number of aliphatic hydroxyl groups is 1. The van der Waals surface area contributed by atoms with Crippen LogP contribution < -0.4 is 9.47 Å². The van der Waals surface area contributed by atoms with Gasteiger partial charge in [-0.2, -0.15) is 0 Å². The third-order valence-electron chi connectivity index (χ3n) is 8.30. The fourth-order valence-corrected chi connectivity index (χ4v) is 6.96. The first-order chi connectivity index (χ1) is 13.2. The molecule has 27 heavy (non-hydrogen) atoms. The van der Waals surface area contributed by atoms with Crippen LogP contribution in [-0.2, 0) is 5.41 Å². The van der Waals surface area contributed by atoms with Gasteiger partial charge in [-0.15, -0.1) is 0 Å². The van der Waals surface area contributed by atoms with Gasteiger partial charge in [0.05, 0.1) is 7.11 Å². The average Bonchev–Trinajstić information content (AvgIpc) is 3.44. The monoisotopic (exact) mass is 367 g/mol. The smallest absolute Gasteiger partial charge is 0.165 e. The molecule has 0 radical (unpaired) electrons. The number of ether oxygens (including phenoxy) is 2. The van der Waals surface area contributed by atoms with Crippen LogP contribution in [-0.4, -0.2) is 49.5 Å². The third kappa shape index (κ3) is 1.96. The topological polar surface area (TPSA) is 41.9 Å². The van der Waals surface area contributed by atoms with E-state index in [9.17, 15) is 5.11 Å². The van der Waals surface area contributed by atoms with Crippen molar-refractivity contribution in [3.05, 3.63) is 35.9 Å². The number of likely N-dealkylation sites (tertiary alicyclic amines) is 1. The van der Waals surface area contributed by atoms with Crippen LogP contribution in [0.4, 0.5) is 0 Å². The number of aliphatic hydroxyl groups excluding tert-OH is 1. The number of piperidine rings is 1. The first-order valence-electron chi connectivity index (χ1n) is 10.6. The standard InChI is InChI=1S/C23H29NO3/c1-26-19-4-2-3-18-20(19)27-21-16-7-8-22(17(11-16)13-25)14-24(12-15-5-6-15)10-9-23(18,21)22/h2-4,7-8,15-17,21,25H,5-6,9-14H2,1H3. The fourth-order valence-electron chi connectivity index (χ4n) is 6.96. The Bertz CT molecular complexity index is 803. The van der Waals surface area contributed by atoms with Crippen LogP contribution >= 0.6 is 0 Å². The first kappa shape index (κ1) is 16.4. The molecule has 2 bridgehead atoms. The molecular formula is C23H29NO3. The van der Waals surface area contributed by atoms with Gasteiger partial charge in [-0.1, -0.05) is 24.3 Å². The summed E-state index contributed by atoms with van der Waals surface area (Å²) in [6.07, 6.45) is 9.99. The van der Waals surface area contributed by atoms with Gasteiger partial charge < -0.3 is 19.5 Å². The number of nitrogens with zero attached hydrogens (tertiary/aromatic N) is 1. The lowest BCUT2D eigenvalue weighted by Gasteiger charge is -2.65. The summed E-state index contributed by atoms with van der Waals surface area (Å²) in [6.45, 7) is 3.68. The molecule has 4 heteroatoms. The van der Waals surface area contributed by atoms with Crippen LogP contribution in [0.2, 0.25) is 0 Å². The molecule has 2 aliphatic heterocycles. The van der Waals surface area contributed by atoms with E-state index in [2.05, 4.69) is 29.2 Å². The normalized spacial score (nSPS) is 41.6. The Hall–Kier alpha value is -1.52. The number of hydrogen-bond acceptors (Lipinski definition) is 4. The predicted octanol–water partition coefficient (Wildman–Crippen LogP) is 2.99. The van der Waals surface area contributed by atoms with Gasteiger partial charge in [0.1, 0.15) is 6.10 Å². The van der Waals surface area contributed by atoms with Crippen molar-refractivity contribution in [3.63, 3.8) is 0 Å². The number of rotatable bonds is 4. The van der Waals surface area contributed by atoms with Gasteiger partial charge in [0.25, 0.3) is 0 Å². The predicted molar refractivity (Wildman–Crippen MR) is 103 cm³/mol. The molecule has 2 spiro atoms. The van der Waals surface area contributed by atoms with Crippen LogP contribution in [0, 0.1) is 23.2 Å². The maximum atomic E-state index is 10.4. The second kappa shape index (κ2) is 5.51. The molecule has 4 aliphatic carbocycles. The SMILES string of the molecule is COc1cccc2c1OC1C3C=CC4(CN(CC5CC5)CCC214)C(CO)C3. The lowest BCUT2D eigenvalue weighted by molar-refractivity contribution is -0.125. The van der Waals surface area contributed by atoms with Crippen LogP contribution in [0.15, 0.2) is 30.4 Å². The summed E-state index contributed by atoms with van der Waals surface area (Å²) in [5.74, 6) is 3.40. The van der Waals surface area contributed by atoms with Crippen LogP contribution in [0.5, 0.6) is 11.5 Å². The van der Waals surface area contributed by atoms with Crippen molar-refractivity contribution in [1.82, 2.24) is 4.90 Å². The van der Waals surface area contributed by atoms with Gasteiger partial charge in [0.15, 0.2) is 11.5 Å². The van der Waals surface area contributed by atoms with E-state index in [1.165, 1.54) is 24.9 Å². The quantitative estimate of drug-likeness (QED) is 0.831. The number of fused-ring (bicyclic) bond motifs is 2. The lowest BCUT2D eigenvalue weighted by Crippen LogP contribution is -2.70. The third-order valence-corrected chi connectivity index (χ3v) is 8.30. The molecular weight excluding hydrogens is 338 g/mol. The summed E-state index contributed by atoms with van der Waals surface area (Å²) < 4.78 is 12.3. The Morgan fingerprint density at radius 3 is 3.00 bits per heavy atom. The minimum atomic E-state index is -0.0358. The zero-order valence-corrected chi connectivity index (χ0v) is 16.1. The van der Waals surface area contributed by atoms with Crippen molar-refractivity contribution in [2.75, 3.05) is 33.4 Å². The summed E-state index contributed by atoms with van der Waals surface area (Å²) in [5.41, 5.74) is 1.26. The van der Waals surface area contributed by atoms with E-state index in [-0.39, 0.29) is 23.5 Å². The van der Waals surface area contributed by atoms with E-state index in [0.29, 0.717) is 11.8 Å². The van der Waals surface area contributed by atoms with Crippen molar-refractivity contribution in [1.29, 1.82) is 0 Å². The summed E-state index contributed by atoms with van der Waals surface area (Å²) in [7, 11) is 1.73. The van der Waals surface area contributed by atoms with Crippen molar-refractivity contribution >= 4 is 0 Å². The summed E-state index contributed by atoms with van der Waals surface area (Å²) in [4.78, 5) is 2.68. The molecule has 3 fully saturated rings. The van der Waals surface area contributed by atoms with E-state index in [1.54, 1.807) is 7.11 Å². The highest BCUT2D eigenvalue weighted by Crippen LogP contribution is 2.69. The largest absolute Gasteiger partial charge is 0.493 e. The maximum Gasteiger partial charge on any atom is 0.165 e. The van der Waals surface area contributed by atoms with Crippen LogP contribution in [0.25, 0.3) is 0 Å². The number of methoxy groups -OCH3 is 1. The van der Waals surface area contributed by atoms with Crippen molar-refractivity contribution < 1.29 is 14.6 Å². The Morgan fingerprint density at radius 1 is 1.33 bits per heavy atom. The molecule has 7 rings (SSSR count). The molecule has 1 aromatic carbocycles. The minimum absolute atomic E-state index is 0.0258. The number of para-hydroxylation sites is 1. The van der Waals surface area contributed by atoms with Crippen molar-refractivity contribution in [3.8, 4) is 11.5 Å². The highest BCUT2D eigenvalue weighted by atomic mass is 16.5. The molecule has 6 aliphatic rings. The molecule has 2 heterocycles. The second-order valence-corrected chi connectivity index (χ2v) is 9.45. The van der Waals surface area contributed by atoms with Gasteiger partial charge in [-0.3, -0.25) is 0 Å². The van der Waals surface area contributed by atoms with Crippen molar-refractivity contribution in [2.24, 2.45) is 23.2 Å². The van der Waals surface area contributed by atoms with E-state index < -0.39 is 0 Å². The number of hydrogen-bond donors (Lipinski definition) is 1. The van der Waals surface area contributed by atoms with E-state index in [4.69, 9.17) is 9.47 Å². The van der Waals surface area contributed by atoms with E-state index >= 15 is 0 Å². The van der Waals surface area contributed by atoms with Gasteiger partial charge in [-0.05, 0) is 50.1 Å². The zero-order valence-electron chi connectivity index (χ0n) is 16.1. The zero-order chi connectivity index (χ0) is 18.2. The Balaban J connectivity index is 1.51. The lowest BCUT2D eigenvalue weighted by atomic mass is 9.41. The van der Waals surface area contributed by atoms with Gasteiger partial charge >= 0.3 is 0 Å². The Kier molecular flexibility index (Phi) is 3.36. The highest BCUT2D eigenvalue weighted by Gasteiger charge is 2.71. The van der Waals surface area contributed by atoms with E-state index in [0.717, 1.165) is 43.3 Å². The second-order valence-electron chi connectivity index (χ2n) is 9.45. The summed E-state index contributed by atoms with van der Waals surface area (Å²) in [6, 6.07) is 6.39. The average molecular weight is 367 g/mol. The molecule has 2 saturated carbocycles. The maximum absolute atomic E-state index is 10.4. The molecule has 1 aromatic rings. The van der Waals surface area contributed by atoms with Gasteiger partial charge in [-0.25, -0.2) is 0 Å². The fraction of sp³-hybridized carbons (Fsp3) is 0.652. The van der Waals surface area contributed by atoms with Crippen LogP contribution in [0.3, 0.4) is 0 Å². The minimum Gasteiger partial charge on any atom is -0.493 e. The van der Waals surface area contributed by atoms with Gasteiger partial charge in [0.2, 0.25) is 0 Å². The summed E-state index contributed by atoms with van der Waals surface area (Å²) >= 11 is 0. The molecule has 144 valence electrons. The van der Waals surface area contributed by atoms with E-state index in [1.807, 2.05) is 6.07 Å². The van der Waals surface area contributed by atoms with Crippen molar-refractivity contribution in [2.45, 2.75) is 37.2 Å². The molecule has 4 nitrogen and oxygen atoms in total. The molecule has 5 unspecified atom stereocenters. The highest BCUT2D eigenvalue weighted by molar-refractivity contribution is 5.58. The van der Waals surface area contributed by atoms with Gasteiger partial charge in [0, 0.05) is 42.0 Å². The molecule has 0 amide bonds. The number of benzene rings is 1. The Labute approximate surface area is 161 Å². The Morgan fingerprint density at radius 2 is 2.22 bits per heavy atom. The van der Waals surface area contributed by atoms with Crippen LogP contribution in [0.1, 0.15) is 31.2 Å².